The highest BCUT2D eigenvalue weighted by Gasteiger charge is 2.12. The third kappa shape index (κ3) is 2.19. The molecule has 1 heterocycles. The van der Waals surface area contributed by atoms with Crippen molar-refractivity contribution in [1.29, 1.82) is 0 Å². The number of thiazole rings is 1. The number of hydrogen-bond acceptors (Lipinski definition) is 4. The van der Waals surface area contributed by atoms with Crippen LogP contribution in [-0.2, 0) is 12.8 Å². The van der Waals surface area contributed by atoms with Crippen molar-refractivity contribution in [2.75, 3.05) is 5.73 Å². The third-order valence-corrected chi connectivity index (χ3v) is 5.74. The summed E-state index contributed by atoms with van der Waals surface area (Å²) in [5.41, 5.74) is 10.7. The summed E-state index contributed by atoms with van der Waals surface area (Å²) in [5, 5.41) is 0. The van der Waals surface area contributed by atoms with Crippen molar-refractivity contribution in [1.82, 2.24) is 4.98 Å². The van der Waals surface area contributed by atoms with Crippen molar-refractivity contribution in [3.8, 4) is 0 Å². The van der Waals surface area contributed by atoms with Crippen LogP contribution in [0.1, 0.15) is 17.5 Å². The average molecular weight is 298 g/mol. The minimum absolute atomic E-state index is 0.801. The summed E-state index contributed by atoms with van der Waals surface area (Å²) in [6.45, 7) is 0. The van der Waals surface area contributed by atoms with Gasteiger partial charge in [0.2, 0.25) is 0 Å². The van der Waals surface area contributed by atoms with Gasteiger partial charge < -0.3 is 5.73 Å². The predicted molar refractivity (Wildman–Crippen MR) is 86.6 cm³/mol. The van der Waals surface area contributed by atoms with Gasteiger partial charge in [0.25, 0.3) is 0 Å². The molecule has 0 radical (unpaired) electrons. The first-order chi connectivity index (χ1) is 9.78. The third-order valence-electron chi connectivity index (χ3n) is 3.67. The van der Waals surface area contributed by atoms with E-state index in [-0.39, 0.29) is 0 Å². The number of anilines is 1. The molecule has 3 aromatic rings. The zero-order valence-electron chi connectivity index (χ0n) is 10.9. The van der Waals surface area contributed by atoms with Gasteiger partial charge in [-0.1, -0.05) is 17.8 Å². The lowest BCUT2D eigenvalue weighted by molar-refractivity contribution is 0.911. The molecule has 2 aromatic carbocycles. The maximum Gasteiger partial charge on any atom is 0.155 e. The second kappa shape index (κ2) is 4.79. The molecule has 0 amide bonds. The number of aryl methyl sites for hydroxylation is 2. The summed E-state index contributed by atoms with van der Waals surface area (Å²) in [4.78, 5) is 5.96. The summed E-state index contributed by atoms with van der Waals surface area (Å²) < 4.78 is 2.25. The summed E-state index contributed by atoms with van der Waals surface area (Å²) in [7, 11) is 0. The summed E-state index contributed by atoms with van der Waals surface area (Å²) in [5.74, 6) is 0. The number of nitrogens with zero attached hydrogens (tertiary/aromatic N) is 1. The van der Waals surface area contributed by atoms with Gasteiger partial charge in [0, 0.05) is 10.6 Å². The molecule has 0 aliphatic heterocycles. The lowest BCUT2D eigenvalue weighted by Crippen LogP contribution is -1.82. The van der Waals surface area contributed by atoms with Gasteiger partial charge in [-0.15, -0.1) is 11.3 Å². The molecule has 0 saturated heterocycles. The molecule has 100 valence electrons. The minimum atomic E-state index is 0.801. The van der Waals surface area contributed by atoms with Gasteiger partial charge in [-0.05, 0) is 60.7 Å². The predicted octanol–water partition coefficient (Wildman–Crippen LogP) is 4.52. The average Bonchev–Trinajstić information content (AvgIpc) is 3.03. The Bertz CT molecular complexity index is 792. The number of nitrogen functional groups attached to an aromatic ring is 1. The molecule has 0 fully saturated rings. The van der Waals surface area contributed by atoms with Crippen molar-refractivity contribution in [3.05, 3.63) is 47.5 Å². The lowest BCUT2D eigenvalue weighted by Gasteiger charge is -2.02. The molecular formula is C16H14N2S2. The van der Waals surface area contributed by atoms with Gasteiger partial charge >= 0.3 is 0 Å². The lowest BCUT2D eigenvalue weighted by atomic mass is 10.1. The Kier molecular flexibility index (Phi) is 2.93. The van der Waals surface area contributed by atoms with Crippen LogP contribution in [0.3, 0.4) is 0 Å². The maximum absolute atomic E-state index is 5.82. The van der Waals surface area contributed by atoms with E-state index in [0.29, 0.717) is 0 Å². The van der Waals surface area contributed by atoms with Crippen LogP contribution in [0.4, 0.5) is 5.69 Å². The Hall–Kier alpha value is -1.52. The van der Waals surface area contributed by atoms with Crippen LogP contribution in [0, 0.1) is 0 Å². The molecular weight excluding hydrogens is 284 g/mol. The Labute approximate surface area is 126 Å². The van der Waals surface area contributed by atoms with Crippen molar-refractivity contribution in [2.24, 2.45) is 0 Å². The fourth-order valence-corrected chi connectivity index (χ4v) is 4.83. The van der Waals surface area contributed by atoms with Gasteiger partial charge in [0.15, 0.2) is 4.34 Å². The topological polar surface area (TPSA) is 38.9 Å². The molecule has 2 N–H and O–H groups in total. The van der Waals surface area contributed by atoms with E-state index in [0.717, 1.165) is 20.2 Å². The second-order valence-electron chi connectivity index (χ2n) is 5.09. The molecule has 1 aliphatic carbocycles. The van der Waals surface area contributed by atoms with Crippen molar-refractivity contribution >= 4 is 39.0 Å². The highest BCUT2D eigenvalue weighted by Crippen LogP contribution is 2.36. The van der Waals surface area contributed by atoms with E-state index in [4.69, 9.17) is 5.73 Å². The van der Waals surface area contributed by atoms with Crippen molar-refractivity contribution in [3.63, 3.8) is 0 Å². The normalized spacial score (nSPS) is 13.8. The zero-order valence-corrected chi connectivity index (χ0v) is 12.6. The van der Waals surface area contributed by atoms with Gasteiger partial charge in [-0.25, -0.2) is 4.98 Å². The molecule has 0 spiro atoms. The molecule has 4 rings (SSSR count). The van der Waals surface area contributed by atoms with Crippen LogP contribution >= 0.6 is 23.1 Å². The molecule has 20 heavy (non-hydrogen) atoms. The first kappa shape index (κ1) is 12.2. The first-order valence-electron chi connectivity index (χ1n) is 6.74. The molecule has 1 aliphatic rings. The monoisotopic (exact) mass is 298 g/mol. The molecule has 0 saturated carbocycles. The number of fused-ring (bicyclic) bond motifs is 2. The van der Waals surface area contributed by atoms with E-state index < -0.39 is 0 Å². The number of benzene rings is 2. The quantitative estimate of drug-likeness (QED) is 0.707. The smallest absolute Gasteiger partial charge is 0.155 e. The van der Waals surface area contributed by atoms with Crippen LogP contribution in [0.2, 0.25) is 0 Å². The van der Waals surface area contributed by atoms with E-state index in [9.17, 15) is 0 Å². The van der Waals surface area contributed by atoms with Crippen LogP contribution in [0.25, 0.3) is 10.2 Å². The van der Waals surface area contributed by atoms with Gasteiger partial charge in [0.05, 0.1) is 10.2 Å². The fourth-order valence-electron chi connectivity index (χ4n) is 2.68. The molecule has 1 aromatic heterocycles. The molecule has 4 heteroatoms. The fraction of sp³-hybridized carbons (Fsp3) is 0.188. The van der Waals surface area contributed by atoms with Crippen LogP contribution in [0.15, 0.2) is 45.6 Å². The highest BCUT2D eigenvalue weighted by atomic mass is 32.2. The van der Waals surface area contributed by atoms with Gasteiger partial charge in [-0.2, -0.15) is 0 Å². The zero-order chi connectivity index (χ0) is 13.5. The summed E-state index contributed by atoms with van der Waals surface area (Å²) >= 11 is 3.46. The number of hydrogen-bond donors (Lipinski definition) is 1. The Morgan fingerprint density at radius 3 is 2.90 bits per heavy atom. The SMILES string of the molecule is Nc1ccc2nc(Sc3ccc4c(c3)CCC4)sc2c1. The van der Waals surface area contributed by atoms with E-state index in [2.05, 4.69) is 23.2 Å². The van der Waals surface area contributed by atoms with E-state index >= 15 is 0 Å². The number of nitrogens with two attached hydrogens (primary N) is 1. The van der Waals surface area contributed by atoms with E-state index in [1.54, 1.807) is 23.1 Å². The van der Waals surface area contributed by atoms with Crippen molar-refractivity contribution < 1.29 is 0 Å². The Morgan fingerprint density at radius 2 is 1.95 bits per heavy atom. The molecule has 2 nitrogen and oxygen atoms in total. The Balaban J connectivity index is 1.66. The van der Waals surface area contributed by atoms with Gasteiger partial charge in [-0.3, -0.25) is 0 Å². The first-order valence-corrected chi connectivity index (χ1v) is 8.37. The standard InChI is InChI=1S/C16H14N2S2/c17-12-5-7-14-15(9-12)20-16(18-14)19-13-6-4-10-2-1-3-11(10)8-13/h4-9H,1-3,17H2. The maximum atomic E-state index is 5.82. The van der Waals surface area contributed by atoms with Crippen molar-refractivity contribution in [2.45, 2.75) is 28.5 Å². The number of rotatable bonds is 2. The summed E-state index contributed by atoms with van der Waals surface area (Å²) in [6.07, 6.45) is 3.75. The second-order valence-corrected chi connectivity index (χ2v) is 7.44. The van der Waals surface area contributed by atoms with Gasteiger partial charge in [0.1, 0.15) is 0 Å². The Morgan fingerprint density at radius 1 is 1.05 bits per heavy atom. The van der Waals surface area contributed by atoms with E-state index in [1.807, 2.05) is 18.2 Å². The summed E-state index contributed by atoms with van der Waals surface area (Å²) in [6, 6.07) is 12.7. The van der Waals surface area contributed by atoms with Crippen LogP contribution in [0.5, 0.6) is 0 Å². The number of aromatic nitrogens is 1. The van der Waals surface area contributed by atoms with Crippen LogP contribution in [-0.4, -0.2) is 4.98 Å². The molecule has 0 bridgehead atoms. The van der Waals surface area contributed by atoms with E-state index in [1.165, 1.54) is 35.3 Å². The van der Waals surface area contributed by atoms with Crippen LogP contribution < -0.4 is 5.73 Å². The largest absolute Gasteiger partial charge is 0.399 e. The molecule has 0 atom stereocenters. The highest BCUT2D eigenvalue weighted by molar-refractivity contribution is 8.01. The molecule has 0 unspecified atom stereocenters. The minimum Gasteiger partial charge on any atom is -0.399 e.